The van der Waals surface area contributed by atoms with Crippen molar-refractivity contribution in [2.24, 2.45) is 5.92 Å². The van der Waals surface area contributed by atoms with Crippen molar-refractivity contribution in [1.82, 2.24) is 0 Å². The predicted molar refractivity (Wildman–Crippen MR) is 65.0 cm³/mol. The summed E-state index contributed by atoms with van der Waals surface area (Å²) in [7, 11) is 0. The van der Waals surface area contributed by atoms with Gasteiger partial charge in [0.1, 0.15) is 5.82 Å². The van der Waals surface area contributed by atoms with E-state index in [1.807, 2.05) is 6.92 Å². The third-order valence-electron chi connectivity index (χ3n) is 3.29. The van der Waals surface area contributed by atoms with Crippen LogP contribution in [0.15, 0.2) is 12.1 Å². The highest BCUT2D eigenvalue weighted by atomic mass is 19.1. The maximum atomic E-state index is 13.6. The summed E-state index contributed by atoms with van der Waals surface area (Å²) >= 11 is 0. The Labute approximate surface area is 108 Å². The molecule has 0 bridgehead atoms. The van der Waals surface area contributed by atoms with Gasteiger partial charge in [-0.1, -0.05) is 0 Å². The van der Waals surface area contributed by atoms with Gasteiger partial charge in [-0.15, -0.1) is 0 Å². The quantitative estimate of drug-likeness (QED) is 0.676. The van der Waals surface area contributed by atoms with Crippen molar-refractivity contribution in [3.63, 3.8) is 0 Å². The zero-order valence-electron chi connectivity index (χ0n) is 10.4. The minimum absolute atomic E-state index is 0.0625. The Morgan fingerprint density at radius 1 is 1.47 bits per heavy atom. The van der Waals surface area contributed by atoms with Crippen LogP contribution in [-0.2, 0) is 4.74 Å². The second-order valence-corrected chi connectivity index (χ2v) is 4.60. The number of nitro groups is 1. The predicted octanol–water partition coefficient (Wildman–Crippen LogP) is 2.71. The molecule has 0 aliphatic carbocycles. The van der Waals surface area contributed by atoms with E-state index in [0.717, 1.165) is 12.5 Å². The van der Waals surface area contributed by atoms with E-state index in [1.165, 1.54) is 0 Å². The second-order valence-electron chi connectivity index (χ2n) is 4.60. The average molecular weight is 272 g/mol. The van der Waals surface area contributed by atoms with E-state index in [4.69, 9.17) is 4.74 Å². The molecule has 0 radical (unpaired) electrons. The topological polar surface area (TPSA) is 64.4 Å². The molecule has 2 rings (SSSR count). The van der Waals surface area contributed by atoms with Crippen molar-refractivity contribution < 1.29 is 18.4 Å². The fraction of sp³-hybridized carbons (Fsp3) is 0.500. The van der Waals surface area contributed by atoms with Crippen molar-refractivity contribution in [3.8, 4) is 0 Å². The van der Waals surface area contributed by atoms with Gasteiger partial charge >= 0.3 is 5.69 Å². The number of rotatable bonds is 4. The number of hydrogen-bond acceptors (Lipinski definition) is 4. The summed E-state index contributed by atoms with van der Waals surface area (Å²) in [5.74, 6) is -1.80. The number of benzene rings is 1. The lowest BCUT2D eigenvalue weighted by Gasteiger charge is -2.20. The van der Waals surface area contributed by atoms with Gasteiger partial charge < -0.3 is 10.1 Å². The maximum absolute atomic E-state index is 13.6. The standard InChI is InChI=1S/C12H14F2N2O3/c1-7(8-2-3-19-6-8)15-11-5-12(16(17)18)10(14)4-9(11)13/h4-5,7-8,15H,2-3,6H2,1H3. The monoisotopic (exact) mass is 272 g/mol. The smallest absolute Gasteiger partial charge is 0.307 e. The van der Waals surface area contributed by atoms with Crippen LogP contribution < -0.4 is 5.32 Å². The molecule has 1 aromatic rings. The number of hydrogen-bond donors (Lipinski definition) is 1. The first kappa shape index (κ1) is 13.7. The van der Waals surface area contributed by atoms with Gasteiger partial charge in [0, 0.05) is 30.7 Å². The lowest BCUT2D eigenvalue weighted by molar-refractivity contribution is -0.387. The van der Waals surface area contributed by atoms with Gasteiger partial charge in [0.15, 0.2) is 0 Å². The molecule has 0 spiro atoms. The Morgan fingerprint density at radius 3 is 2.79 bits per heavy atom. The minimum atomic E-state index is -1.18. The molecule has 19 heavy (non-hydrogen) atoms. The first-order valence-corrected chi connectivity index (χ1v) is 5.96. The highest BCUT2D eigenvalue weighted by Crippen LogP contribution is 2.27. The molecule has 0 aromatic heterocycles. The van der Waals surface area contributed by atoms with Crippen LogP contribution in [-0.4, -0.2) is 24.2 Å². The Balaban J connectivity index is 2.19. The number of halogens is 2. The van der Waals surface area contributed by atoms with Gasteiger partial charge in [0.2, 0.25) is 5.82 Å². The van der Waals surface area contributed by atoms with Crippen LogP contribution in [0.1, 0.15) is 13.3 Å². The van der Waals surface area contributed by atoms with Gasteiger partial charge in [-0.05, 0) is 13.3 Å². The number of anilines is 1. The molecular formula is C12H14F2N2O3. The lowest BCUT2D eigenvalue weighted by Crippen LogP contribution is -2.26. The van der Waals surface area contributed by atoms with Crippen molar-refractivity contribution in [1.29, 1.82) is 0 Å². The third kappa shape index (κ3) is 2.98. The molecule has 2 unspecified atom stereocenters. The van der Waals surface area contributed by atoms with Crippen molar-refractivity contribution >= 4 is 11.4 Å². The van der Waals surface area contributed by atoms with E-state index in [2.05, 4.69) is 5.32 Å². The van der Waals surface area contributed by atoms with E-state index in [-0.39, 0.29) is 17.6 Å². The molecule has 1 saturated heterocycles. The summed E-state index contributed by atoms with van der Waals surface area (Å²) in [6.07, 6.45) is 0.846. The molecule has 1 aliphatic heterocycles. The van der Waals surface area contributed by atoms with E-state index in [9.17, 15) is 18.9 Å². The fourth-order valence-corrected chi connectivity index (χ4v) is 2.10. The van der Waals surface area contributed by atoms with Crippen LogP contribution in [0.25, 0.3) is 0 Å². The summed E-state index contributed by atoms with van der Waals surface area (Å²) in [4.78, 5) is 9.75. The first-order chi connectivity index (χ1) is 8.99. The maximum Gasteiger partial charge on any atom is 0.307 e. The van der Waals surface area contributed by atoms with Crippen LogP contribution in [0.4, 0.5) is 20.2 Å². The zero-order chi connectivity index (χ0) is 14.0. The van der Waals surface area contributed by atoms with Crippen molar-refractivity contribution in [3.05, 3.63) is 33.9 Å². The normalized spacial score (nSPS) is 20.3. The molecule has 2 atom stereocenters. The summed E-state index contributed by atoms with van der Waals surface area (Å²) in [6, 6.07) is 1.30. The Bertz CT molecular complexity index is 490. The number of ether oxygens (including phenoxy) is 1. The molecule has 1 aromatic carbocycles. The summed E-state index contributed by atoms with van der Waals surface area (Å²) in [5.41, 5.74) is -0.800. The van der Waals surface area contributed by atoms with Crippen LogP contribution in [0.5, 0.6) is 0 Å². The molecule has 5 nitrogen and oxygen atoms in total. The van der Waals surface area contributed by atoms with E-state index in [0.29, 0.717) is 19.3 Å². The summed E-state index contributed by atoms with van der Waals surface area (Å²) in [5, 5.41) is 13.5. The summed E-state index contributed by atoms with van der Waals surface area (Å²) in [6.45, 7) is 3.07. The van der Waals surface area contributed by atoms with Crippen molar-refractivity contribution in [2.75, 3.05) is 18.5 Å². The molecule has 1 N–H and O–H groups in total. The molecule has 0 amide bonds. The van der Waals surface area contributed by atoms with E-state index < -0.39 is 22.2 Å². The molecule has 1 fully saturated rings. The number of nitro benzene ring substituents is 1. The molecule has 0 saturated carbocycles. The molecule has 1 aliphatic rings. The fourth-order valence-electron chi connectivity index (χ4n) is 2.10. The van der Waals surface area contributed by atoms with E-state index in [1.54, 1.807) is 0 Å². The molecule has 7 heteroatoms. The second kappa shape index (κ2) is 5.48. The Hall–Kier alpha value is -1.76. The average Bonchev–Trinajstić information content (AvgIpc) is 2.85. The molecule has 104 valence electrons. The van der Waals surface area contributed by atoms with Gasteiger partial charge in [-0.25, -0.2) is 4.39 Å². The van der Waals surface area contributed by atoms with Crippen LogP contribution in [0.3, 0.4) is 0 Å². The Morgan fingerprint density at radius 2 is 2.21 bits per heavy atom. The third-order valence-corrected chi connectivity index (χ3v) is 3.29. The van der Waals surface area contributed by atoms with Gasteiger partial charge in [-0.3, -0.25) is 10.1 Å². The molecular weight excluding hydrogens is 258 g/mol. The zero-order valence-corrected chi connectivity index (χ0v) is 10.4. The summed E-state index contributed by atoms with van der Waals surface area (Å²) < 4.78 is 32.0. The number of nitrogens with one attached hydrogen (secondary N) is 1. The minimum Gasteiger partial charge on any atom is -0.381 e. The van der Waals surface area contributed by atoms with Gasteiger partial charge in [0.05, 0.1) is 17.2 Å². The Kier molecular flexibility index (Phi) is 3.94. The highest BCUT2D eigenvalue weighted by molar-refractivity contribution is 5.53. The highest BCUT2D eigenvalue weighted by Gasteiger charge is 2.24. The van der Waals surface area contributed by atoms with E-state index >= 15 is 0 Å². The largest absolute Gasteiger partial charge is 0.381 e. The van der Waals surface area contributed by atoms with Crippen LogP contribution >= 0.6 is 0 Å². The van der Waals surface area contributed by atoms with Crippen LogP contribution in [0.2, 0.25) is 0 Å². The number of nitrogens with zero attached hydrogens (tertiary/aromatic N) is 1. The van der Waals surface area contributed by atoms with Crippen LogP contribution in [0, 0.1) is 27.7 Å². The molecule has 1 heterocycles. The first-order valence-electron chi connectivity index (χ1n) is 5.96. The van der Waals surface area contributed by atoms with Gasteiger partial charge in [-0.2, -0.15) is 4.39 Å². The van der Waals surface area contributed by atoms with Gasteiger partial charge in [0.25, 0.3) is 0 Å². The lowest BCUT2D eigenvalue weighted by atomic mass is 10.0. The van der Waals surface area contributed by atoms with Crippen molar-refractivity contribution in [2.45, 2.75) is 19.4 Å². The SMILES string of the molecule is CC(Nc1cc([N+](=O)[O-])c(F)cc1F)C1CCOC1.